The number of halogens is 1. The molecule has 0 radical (unpaired) electrons. The van der Waals surface area contributed by atoms with Crippen LogP contribution in [-0.2, 0) is 0 Å². The standard InChI is InChI=1S/C14H16BrN3O2/c1-19-13-3-2-10(15)8-11(13)12-9-14(20-17-12)18-6-4-16-5-7-18/h2-3,8-9,16H,4-7H2,1H3. The molecule has 1 fully saturated rings. The summed E-state index contributed by atoms with van der Waals surface area (Å²) in [5.41, 5.74) is 1.71. The molecule has 5 nitrogen and oxygen atoms in total. The number of benzene rings is 1. The molecule has 0 amide bonds. The van der Waals surface area contributed by atoms with Crippen molar-refractivity contribution in [2.75, 3.05) is 38.2 Å². The van der Waals surface area contributed by atoms with Crippen LogP contribution in [0.3, 0.4) is 0 Å². The number of methoxy groups -OCH3 is 1. The van der Waals surface area contributed by atoms with Crippen molar-refractivity contribution in [2.45, 2.75) is 0 Å². The van der Waals surface area contributed by atoms with E-state index >= 15 is 0 Å². The Morgan fingerprint density at radius 3 is 2.85 bits per heavy atom. The molecule has 1 aromatic heterocycles. The second kappa shape index (κ2) is 5.85. The number of nitrogens with zero attached hydrogens (tertiary/aromatic N) is 2. The lowest BCUT2D eigenvalue weighted by atomic mass is 10.1. The zero-order valence-corrected chi connectivity index (χ0v) is 12.8. The van der Waals surface area contributed by atoms with E-state index in [1.165, 1.54) is 0 Å². The Morgan fingerprint density at radius 1 is 1.30 bits per heavy atom. The summed E-state index contributed by atoms with van der Waals surface area (Å²) < 4.78 is 11.8. The fourth-order valence-electron chi connectivity index (χ4n) is 2.31. The molecule has 1 saturated heterocycles. The maximum absolute atomic E-state index is 5.48. The molecule has 6 heteroatoms. The molecule has 0 spiro atoms. The van der Waals surface area contributed by atoms with E-state index in [4.69, 9.17) is 9.26 Å². The molecule has 20 heavy (non-hydrogen) atoms. The molecular weight excluding hydrogens is 322 g/mol. The summed E-state index contributed by atoms with van der Waals surface area (Å²) in [4.78, 5) is 2.19. The number of aromatic nitrogens is 1. The van der Waals surface area contributed by atoms with Crippen molar-refractivity contribution >= 4 is 21.8 Å². The molecule has 1 aliphatic rings. The van der Waals surface area contributed by atoms with Crippen LogP contribution in [0.15, 0.2) is 33.3 Å². The highest BCUT2D eigenvalue weighted by Gasteiger charge is 2.17. The Bertz CT molecular complexity index is 594. The normalized spacial score (nSPS) is 15.4. The van der Waals surface area contributed by atoms with Gasteiger partial charge in [0.1, 0.15) is 11.4 Å². The first-order chi connectivity index (χ1) is 9.78. The molecule has 0 unspecified atom stereocenters. The smallest absolute Gasteiger partial charge is 0.227 e. The van der Waals surface area contributed by atoms with Gasteiger partial charge in [0.15, 0.2) is 0 Å². The lowest BCUT2D eigenvalue weighted by Gasteiger charge is -2.25. The van der Waals surface area contributed by atoms with Crippen molar-refractivity contribution in [2.24, 2.45) is 0 Å². The van der Waals surface area contributed by atoms with Crippen molar-refractivity contribution in [3.8, 4) is 17.0 Å². The van der Waals surface area contributed by atoms with Gasteiger partial charge in [0.25, 0.3) is 0 Å². The van der Waals surface area contributed by atoms with E-state index in [1.54, 1.807) is 7.11 Å². The zero-order chi connectivity index (χ0) is 13.9. The van der Waals surface area contributed by atoms with Crippen molar-refractivity contribution in [1.82, 2.24) is 10.5 Å². The highest BCUT2D eigenvalue weighted by molar-refractivity contribution is 9.10. The average Bonchev–Trinajstić information content (AvgIpc) is 2.98. The van der Waals surface area contributed by atoms with Gasteiger partial charge in [-0.05, 0) is 18.2 Å². The van der Waals surface area contributed by atoms with Crippen molar-refractivity contribution in [1.29, 1.82) is 0 Å². The van der Waals surface area contributed by atoms with Gasteiger partial charge in [0.2, 0.25) is 5.88 Å². The van der Waals surface area contributed by atoms with Gasteiger partial charge in [-0.15, -0.1) is 0 Å². The van der Waals surface area contributed by atoms with E-state index in [0.717, 1.165) is 53.5 Å². The van der Waals surface area contributed by atoms with E-state index in [0.29, 0.717) is 0 Å². The molecule has 2 aromatic rings. The van der Waals surface area contributed by atoms with Crippen molar-refractivity contribution in [3.05, 3.63) is 28.7 Å². The van der Waals surface area contributed by atoms with Crippen LogP contribution < -0.4 is 15.0 Å². The highest BCUT2D eigenvalue weighted by Crippen LogP contribution is 2.33. The monoisotopic (exact) mass is 337 g/mol. The predicted octanol–water partition coefficient (Wildman–Crippen LogP) is 2.52. The zero-order valence-electron chi connectivity index (χ0n) is 11.2. The second-order valence-electron chi connectivity index (χ2n) is 4.63. The van der Waals surface area contributed by atoms with Gasteiger partial charge < -0.3 is 19.5 Å². The number of rotatable bonds is 3. The fourth-order valence-corrected chi connectivity index (χ4v) is 2.67. The minimum absolute atomic E-state index is 0.786. The third-order valence-corrected chi connectivity index (χ3v) is 3.86. The molecule has 2 heterocycles. The highest BCUT2D eigenvalue weighted by atomic mass is 79.9. The molecule has 1 aromatic carbocycles. The van der Waals surface area contributed by atoms with Gasteiger partial charge in [-0.2, -0.15) is 0 Å². The van der Waals surface area contributed by atoms with E-state index in [1.807, 2.05) is 24.3 Å². The van der Waals surface area contributed by atoms with Gasteiger partial charge >= 0.3 is 0 Å². The van der Waals surface area contributed by atoms with Gasteiger partial charge in [0.05, 0.1) is 7.11 Å². The first-order valence-electron chi connectivity index (χ1n) is 6.54. The Labute approximate surface area is 126 Å². The molecular formula is C14H16BrN3O2. The largest absolute Gasteiger partial charge is 0.496 e. The summed E-state index contributed by atoms with van der Waals surface area (Å²) in [6.07, 6.45) is 0. The first kappa shape index (κ1) is 13.5. The molecule has 1 N–H and O–H groups in total. The van der Waals surface area contributed by atoms with Crippen LogP contribution in [0, 0.1) is 0 Å². The summed E-state index contributed by atoms with van der Waals surface area (Å²) >= 11 is 3.47. The van der Waals surface area contributed by atoms with Crippen molar-refractivity contribution in [3.63, 3.8) is 0 Å². The molecule has 0 atom stereocenters. The Morgan fingerprint density at radius 2 is 2.10 bits per heavy atom. The number of ether oxygens (including phenoxy) is 1. The summed E-state index contributed by atoms with van der Waals surface area (Å²) in [6, 6.07) is 7.81. The number of hydrogen-bond acceptors (Lipinski definition) is 5. The van der Waals surface area contributed by atoms with Gasteiger partial charge in [-0.1, -0.05) is 21.1 Å². The van der Waals surface area contributed by atoms with Crippen LogP contribution in [0.25, 0.3) is 11.3 Å². The SMILES string of the molecule is COc1ccc(Br)cc1-c1cc(N2CCNCC2)on1. The van der Waals surface area contributed by atoms with E-state index in [9.17, 15) is 0 Å². The first-order valence-corrected chi connectivity index (χ1v) is 7.33. The number of hydrogen-bond donors (Lipinski definition) is 1. The maximum Gasteiger partial charge on any atom is 0.227 e. The third kappa shape index (κ3) is 2.66. The van der Waals surface area contributed by atoms with Crippen LogP contribution >= 0.6 is 15.9 Å². The molecule has 0 bridgehead atoms. The summed E-state index contributed by atoms with van der Waals surface area (Å²) in [5, 5.41) is 7.49. The van der Waals surface area contributed by atoms with E-state index in [2.05, 4.69) is 31.3 Å². The van der Waals surface area contributed by atoms with Gasteiger partial charge in [-0.3, -0.25) is 0 Å². The maximum atomic E-state index is 5.48. The lowest BCUT2D eigenvalue weighted by Crippen LogP contribution is -2.43. The third-order valence-electron chi connectivity index (χ3n) is 3.36. The van der Waals surface area contributed by atoms with Crippen molar-refractivity contribution < 1.29 is 9.26 Å². The van der Waals surface area contributed by atoms with Crippen LogP contribution in [0.4, 0.5) is 5.88 Å². The topological polar surface area (TPSA) is 50.5 Å². The second-order valence-corrected chi connectivity index (χ2v) is 5.55. The Hall–Kier alpha value is -1.53. The summed E-state index contributed by atoms with van der Waals surface area (Å²) in [6.45, 7) is 3.81. The lowest BCUT2D eigenvalue weighted by molar-refractivity contribution is 0.405. The molecule has 0 saturated carbocycles. The van der Waals surface area contributed by atoms with Crippen LogP contribution in [0.1, 0.15) is 0 Å². The van der Waals surface area contributed by atoms with Crippen LogP contribution in [0.2, 0.25) is 0 Å². The van der Waals surface area contributed by atoms with Crippen LogP contribution in [0.5, 0.6) is 5.75 Å². The fraction of sp³-hybridized carbons (Fsp3) is 0.357. The number of nitrogens with one attached hydrogen (secondary N) is 1. The van der Waals surface area contributed by atoms with Crippen LogP contribution in [-0.4, -0.2) is 38.4 Å². The average molecular weight is 338 g/mol. The number of anilines is 1. The predicted molar refractivity (Wildman–Crippen MR) is 81.3 cm³/mol. The number of piperazine rings is 1. The van der Waals surface area contributed by atoms with E-state index < -0.39 is 0 Å². The summed E-state index contributed by atoms with van der Waals surface area (Å²) in [7, 11) is 1.66. The summed E-state index contributed by atoms with van der Waals surface area (Å²) in [5.74, 6) is 1.59. The Kier molecular flexibility index (Phi) is 3.93. The molecule has 106 valence electrons. The minimum atomic E-state index is 0.786. The molecule has 1 aliphatic heterocycles. The van der Waals surface area contributed by atoms with E-state index in [-0.39, 0.29) is 0 Å². The minimum Gasteiger partial charge on any atom is -0.496 e. The quantitative estimate of drug-likeness (QED) is 0.932. The molecule has 3 rings (SSSR count). The van der Waals surface area contributed by atoms with Gasteiger partial charge in [-0.25, -0.2) is 0 Å². The van der Waals surface area contributed by atoms with Gasteiger partial charge in [0, 0.05) is 42.3 Å². The Balaban J connectivity index is 1.91. The molecule has 0 aliphatic carbocycles.